The molecule has 1 aliphatic heterocycles. The number of aliphatic hydroxyl groups excluding tert-OH is 2. The van der Waals surface area contributed by atoms with Gasteiger partial charge in [0.05, 0.1) is 18.9 Å². The van der Waals surface area contributed by atoms with Crippen molar-refractivity contribution < 1.29 is 65.6 Å². The van der Waals surface area contributed by atoms with Crippen LogP contribution in [-0.4, -0.2) is 73.3 Å². The van der Waals surface area contributed by atoms with Crippen molar-refractivity contribution in [1.29, 1.82) is 0 Å². The van der Waals surface area contributed by atoms with Gasteiger partial charge in [-0.05, 0) is 0 Å². The lowest BCUT2D eigenvalue weighted by atomic mass is 10.1. The Labute approximate surface area is 181 Å². The molecule has 17 nitrogen and oxygen atoms in total. The highest BCUT2D eigenvalue weighted by molar-refractivity contribution is 7.68. The highest BCUT2D eigenvalue weighted by atomic mass is 31.3. The lowest BCUT2D eigenvalue weighted by Crippen LogP contribution is -2.35. The second-order valence-corrected chi connectivity index (χ2v) is 11.6. The third kappa shape index (κ3) is 5.45. The molecule has 8 N–H and O–H groups in total. The number of nitrogen functional groups attached to an aromatic ring is 1. The average Bonchev–Trinajstić information content (AvgIpc) is 3.16. The van der Waals surface area contributed by atoms with Crippen molar-refractivity contribution in [3.05, 3.63) is 12.7 Å². The topological polar surface area (TPSA) is 270 Å². The fourth-order valence-electron chi connectivity index (χ4n) is 2.89. The molecule has 186 valence electrons. The summed E-state index contributed by atoms with van der Waals surface area (Å²) in [5.41, 5.74) is 0.762. The summed E-state index contributed by atoms with van der Waals surface area (Å²) < 4.78 is 75.7. The number of hydrogen-bond donors (Lipinski definition) is 7. The Morgan fingerprint density at radius 2 is 1.73 bits per heavy atom. The first-order chi connectivity index (χ1) is 14.9. The molecule has 0 bridgehead atoms. The lowest BCUT2D eigenvalue weighted by molar-refractivity contribution is -0.0683. The normalized spacial score (nSPS) is 28.0. The quantitative estimate of drug-likeness (QED) is 0.206. The van der Waals surface area contributed by atoms with Crippen LogP contribution >= 0.6 is 23.2 Å². The number of imidazole rings is 1. The number of ether oxygens (including phenoxy) is 1. The fraction of sp³-hybridized carbons (Fsp3) is 0.545. The van der Waals surface area contributed by atoms with Crippen LogP contribution in [0.5, 0.6) is 0 Å². The van der Waals surface area contributed by atoms with E-state index in [9.17, 15) is 37.6 Å². The number of nitrogens with zero attached hydrogens (tertiary/aromatic N) is 4. The summed E-state index contributed by atoms with van der Waals surface area (Å²) in [5.74, 6) is -0.0563. The van der Waals surface area contributed by atoms with Crippen LogP contribution in [0.2, 0.25) is 0 Å². The minimum atomic E-state index is -6.47. The zero-order valence-corrected chi connectivity index (χ0v) is 18.5. The first-order valence-electron chi connectivity index (χ1n) is 8.40. The molecule has 22 heteroatoms. The van der Waals surface area contributed by atoms with Crippen molar-refractivity contribution in [2.24, 2.45) is 0 Å². The maximum atomic E-state index is 14.4. The van der Waals surface area contributed by atoms with E-state index < -0.39 is 59.9 Å². The van der Waals surface area contributed by atoms with Crippen molar-refractivity contribution in [3.8, 4) is 0 Å². The molecule has 0 amide bonds. The zero-order chi connectivity index (χ0) is 25.0. The van der Waals surface area contributed by atoms with Gasteiger partial charge in [0, 0.05) is 0 Å². The van der Waals surface area contributed by atoms with E-state index in [0.29, 0.717) is 0 Å². The molecular formula is C11H16F2N5O12P3. The van der Waals surface area contributed by atoms with Gasteiger partial charge in [0.2, 0.25) is 0 Å². The summed E-state index contributed by atoms with van der Waals surface area (Å²) in [6.45, 7) is 0. The summed E-state index contributed by atoms with van der Waals surface area (Å²) in [6, 6.07) is 0. The van der Waals surface area contributed by atoms with E-state index in [4.69, 9.17) is 25.2 Å². The minimum Gasteiger partial charge on any atom is -0.388 e. The van der Waals surface area contributed by atoms with Gasteiger partial charge < -0.3 is 40.3 Å². The number of aliphatic hydroxyl groups is 2. The van der Waals surface area contributed by atoms with Gasteiger partial charge in [-0.15, -0.1) is 0 Å². The van der Waals surface area contributed by atoms with Crippen LogP contribution in [-0.2, 0) is 27.1 Å². The largest absolute Gasteiger partial charge is 0.488 e. The second-order valence-electron chi connectivity index (χ2n) is 6.64. The van der Waals surface area contributed by atoms with Gasteiger partial charge in [-0.1, -0.05) is 0 Å². The van der Waals surface area contributed by atoms with Gasteiger partial charge in [0.1, 0.15) is 24.1 Å². The Morgan fingerprint density at radius 1 is 1.09 bits per heavy atom. The molecular weight excluding hydrogens is 525 g/mol. The predicted molar refractivity (Wildman–Crippen MR) is 99.1 cm³/mol. The van der Waals surface area contributed by atoms with Gasteiger partial charge in [-0.25, -0.2) is 28.4 Å². The van der Waals surface area contributed by atoms with Gasteiger partial charge in [0.25, 0.3) is 0 Å². The summed E-state index contributed by atoms with van der Waals surface area (Å²) in [5, 5.41) is 20.4. The fourth-order valence-corrected chi connectivity index (χ4v) is 6.36. The number of halogens is 2. The number of nitrogens with two attached hydrogens (primary N) is 1. The minimum absolute atomic E-state index is 0.00173. The maximum absolute atomic E-state index is 14.4. The molecule has 1 fully saturated rings. The number of alkyl halides is 2. The molecule has 0 radical (unpaired) electrons. The van der Waals surface area contributed by atoms with Gasteiger partial charge >= 0.3 is 28.9 Å². The number of hydrogen-bond acceptors (Lipinski definition) is 12. The Kier molecular flexibility index (Phi) is 6.85. The molecule has 2 unspecified atom stereocenters. The van der Waals surface area contributed by atoms with Crippen LogP contribution in [0.3, 0.4) is 0 Å². The molecule has 3 rings (SSSR count). The van der Waals surface area contributed by atoms with Crippen molar-refractivity contribution in [1.82, 2.24) is 19.5 Å². The third-order valence-electron chi connectivity index (χ3n) is 4.28. The molecule has 2 aromatic rings. The average molecular weight is 541 g/mol. The molecule has 33 heavy (non-hydrogen) atoms. The van der Waals surface area contributed by atoms with Gasteiger partial charge in [-0.2, -0.15) is 13.1 Å². The van der Waals surface area contributed by atoms with Gasteiger partial charge in [0.15, 0.2) is 17.7 Å². The molecule has 2 aromatic heterocycles. The van der Waals surface area contributed by atoms with Crippen molar-refractivity contribution in [3.63, 3.8) is 0 Å². The molecule has 1 aliphatic rings. The standard InChI is InChI=1S/C11H16F2N5O12P3/c12-11(13,31(21,22)29-33(26,27)30-32(23,24)25)1-4-6(19)7(20)10(28-4)18-3-17-5-8(14)15-2-16-9(5)18/h2-4,6-7,10,19-20H,1H2,(H,21,22)(H,26,27)(H2,14,15,16)(H2,23,24,25)/t4-,6-,7-,10-/m1/s1. The number of phosphoric acid groups is 2. The van der Waals surface area contributed by atoms with E-state index in [1.54, 1.807) is 0 Å². The molecule has 0 saturated carbocycles. The van der Waals surface area contributed by atoms with E-state index in [-0.39, 0.29) is 17.0 Å². The Hall–Kier alpha value is -1.46. The smallest absolute Gasteiger partial charge is 0.388 e. The van der Waals surface area contributed by atoms with Crippen LogP contribution < -0.4 is 5.73 Å². The third-order valence-corrected chi connectivity index (χ3v) is 8.68. The van der Waals surface area contributed by atoms with Crippen LogP contribution in [0.15, 0.2) is 12.7 Å². The van der Waals surface area contributed by atoms with Crippen LogP contribution in [0.1, 0.15) is 12.6 Å². The van der Waals surface area contributed by atoms with E-state index in [2.05, 4.69) is 23.6 Å². The first-order valence-corrected chi connectivity index (χ1v) is 13.0. The second kappa shape index (κ2) is 8.64. The van der Waals surface area contributed by atoms with Gasteiger partial charge in [-0.3, -0.25) is 9.13 Å². The summed E-state index contributed by atoms with van der Waals surface area (Å²) >= 11 is 0. The molecule has 0 aromatic carbocycles. The number of rotatable bonds is 8. The molecule has 3 heterocycles. The molecule has 0 aliphatic carbocycles. The van der Waals surface area contributed by atoms with Crippen LogP contribution in [0.25, 0.3) is 11.2 Å². The Bertz CT molecular complexity index is 1190. The van der Waals surface area contributed by atoms with Crippen LogP contribution in [0.4, 0.5) is 14.6 Å². The van der Waals surface area contributed by atoms with E-state index in [0.717, 1.165) is 17.2 Å². The van der Waals surface area contributed by atoms with Crippen LogP contribution in [0, 0.1) is 0 Å². The number of aromatic nitrogens is 4. The molecule has 0 spiro atoms. The summed E-state index contributed by atoms with van der Waals surface area (Å²) in [6.07, 6.45) is -7.30. The SMILES string of the molecule is Nc1ncnc2c1ncn2[C@@H]1O[C@H](CC(F)(F)P(=O)(O)OP(=O)(O)OP(=O)(O)O)[C@@H](O)[C@H]1O. The first kappa shape index (κ1) is 26.2. The van der Waals surface area contributed by atoms with E-state index >= 15 is 0 Å². The van der Waals surface area contributed by atoms with Crippen molar-refractivity contribution in [2.45, 2.75) is 36.6 Å². The number of fused-ring (bicyclic) bond motifs is 1. The van der Waals surface area contributed by atoms with E-state index in [1.807, 2.05) is 0 Å². The zero-order valence-electron chi connectivity index (χ0n) is 15.8. The Morgan fingerprint density at radius 3 is 2.33 bits per heavy atom. The lowest BCUT2D eigenvalue weighted by Gasteiger charge is -2.26. The summed E-state index contributed by atoms with van der Waals surface area (Å²) in [4.78, 5) is 46.9. The molecule has 6 atom stereocenters. The summed E-state index contributed by atoms with van der Waals surface area (Å²) in [7, 11) is -18.4. The van der Waals surface area contributed by atoms with Crippen molar-refractivity contribution in [2.75, 3.05) is 5.73 Å². The predicted octanol–water partition coefficient (Wildman–Crippen LogP) is -0.578. The highest BCUT2D eigenvalue weighted by Gasteiger charge is 2.59. The maximum Gasteiger partial charge on any atom is 0.488 e. The molecule has 1 saturated heterocycles. The van der Waals surface area contributed by atoms with E-state index in [1.165, 1.54) is 0 Å². The highest BCUT2D eigenvalue weighted by Crippen LogP contribution is 2.71. The number of anilines is 1. The van der Waals surface area contributed by atoms with Crippen molar-refractivity contribution >= 4 is 40.2 Å². The monoisotopic (exact) mass is 541 g/mol. The Balaban J connectivity index is 1.81.